The Hall–Kier alpha value is -13.0. The summed E-state index contributed by atoms with van der Waals surface area (Å²) >= 11 is 0. The zero-order valence-electron chi connectivity index (χ0n) is 50.9. The molecule has 94 heavy (non-hydrogen) atoms. The quantitative estimate of drug-likeness (QED) is 0.165. The standard InChI is InChI=1S/C91H54O3/c92-89-85(69-27-15-5-16-28-69)81(71-39-35-67(36-40-71)33-31-63-19-7-1-8-20-63)83-73-47-55-79(56-48-73)94-80-57-49-74(50-58-80)84-82(72-41-37-68(38-42-72)34-32-64-21-9-2-10-22-64)86(70-29-17-6-18-30-70)90(93)88(84)76-45-53-78(54-46-76)91(61-59-65-23-11-3-12-24-65,62-60-66-25-13-4-14-26-66)77-51-43-75(44-52-77)87(83)89/h1-30,35-58H. The average molecular weight is 1200 g/mol. The van der Waals surface area contributed by atoms with E-state index in [1.807, 2.05) is 279 Å². The van der Waals surface area contributed by atoms with Gasteiger partial charge in [0.2, 0.25) is 0 Å². The fraction of sp³-hybridized carbons (Fsp3) is 0.0110. The maximum absolute atomic E-state index is 15.9. The van der Waals surface area contributed by atoms with Crippen molar-refractivity contribution in [3.05, 3.63) is 417 Å². The first-order valence-electron chi connectivity index (χ1n) is 31.2. The average Bonchev–Trinajstić information content (AvgIpc) is 1.56. The lowest BCUT2D eigenvalue weighted by molar-refractivity contribution is -0.109. The topological polar surface area (TPSA) is 43.4 Å². The Morgan fingerprint density at radius 3 is 0.702 bits per heavy atom. The minimum atomic E-state index is -1.27. The Bertz CT molecular complexity index is 4970. The molecule has 7 heterocycles. The molecule has 0 unspecified atom stereocenters. The van der Waals surface area contributed by atoms with Gasteiger partial charge in [-0.1, -0.05) is 278 Å². The van der Waals surface area contributed by atoms with Crippen LogP contribution in [0.4, 0.5) is 0 Å². The molecule has 3 heteroatoms. The van der Waals surface area contributed by atoms with E-state index in [4.69, 9.17) is 4.74 Å². The third kappa shape index (κ3) is 11.4. The first-order chi connectivity index (χ1) is 46.4. The largest absolute Gasteiger partial charge is 0.457 e. The zero-order valence-corrected chi connectivity index (χ0v) is 50.9. The van der Waals surface area contributed by atoms with Crippen molar-refractivity contribution in [3.8, 4) is 58.9 Å². The van der Waals surface area contributed by atoms with Crippen molar-refractivity contribution in [2.75, 3.05) is 0 Å². The predicted octanol–water partition coefficient (Wildman–Crippen LogP) is 19.2. The summed E-state index contributed by atoms with van der Waals surface area (Å²) in [6, 6.07) is 108. The van der Waals surface area contributed by atoms with Crippen molar-refractivity contribution in [1.29, 1.82) is 0 Å². The molecule has 21 rings (SSSR count). The van der Waals surface area contributed by atoms with Gasteiger partial charge in [-0.3, -0.25) is 9.59 Å². The van der Waals surface area contributed by atoms with Gasteiger partial charge in [0.25, 0.3) is 0 Å². The molecule has 12 aromatic carbocycles. The summed E-state index contributed by atoms with van der Waals surface area (Å²) in [7, 11) is 0. The highest BCUT2D eigenvalue weighted by molar-refractivity contribution is 6.60. The van der Waals surface area contributed by atoms with Gasteiger partial charge < -0.3 is 4.74 Å². The van der Waals surface area contributed by atoms with Gasteiger partial charge in [0, 0.05) is 78.0 Å². The molecule has 0 amide bonds. The van der Waals surface area contributed by atoms with E-state index in [0.29, 0.717) is 33.8 Å². The number of rotatable bonds is 4. The molecule has 0 aromatic heterocycles. The normalized spacial score (nSPS) is 13.4. The minimum Gasteiger partial charge on any atom is -0.457 e. The molecule has 0 fully saturated rings. The van der Waals surface area contributed by atoms with Crippen LogP contribution in [-0.2, 0) is 15.0 Å². The van der Waals surface area contributed by atoms with E-state index < -0.39 is 5.41 Å². The summed E-state index contributed by atoms with van der Waals surface area (Å²) in [6.07, 6.45) is 0. The second-order valence-corrected chi connectivity index (χ2v) is 23.1. The van der Waals surface area contributed by atoms with Crippen molar-refractivity contribution in [2.45, 2.75) is 5.41 Å². The monoisotopic (exact) mass is 1190 g/mol. The number of ether oxygens (including phenoxy) is 1. The van der Waals surface area contributed by atoms with Gasteiger partial charge in [0.05, 0.1) is 0 Å². The summed E-state index contributed by atoms with van der Waals surface area (Å²) in [5.41, 5.74) is 17.5. The molecule has 0 N–H and O–H groups in total. The molecule has 0 radical (unpaired) electrons. The van der Waals surface area contributed by atoms with Gasteiger partial charge in [-0.05, 0) is 153 Å². The van der Waals surface area contributed by atoms with Crippen molar-refractivity contribution in [3.63, 3.8) is 0 Å². The number of carbonyl (C=O) groups is 2. The van der Waals surface area contributed by atoms with Crippen LogP contribution in [0.15, 0.2) is 328 Å². The van der Waals surface area contributed by atoms with E-state index in [-0.39, 0.29) is 11.6 Å². The maximum atomic E-state index is 15.9. The molecule has 9 aliphatic rings. The van der Waals surface area contributed by atoms with Crippen LogP contribution in [0.2, 0.25) is 0 Å². The Kier molecular flexibility index (Phi) is 15.6. The molecule has 3 nitrogen and oxygen atoms in total. The van der Waals surface area contributed by atoms with Crippen LogP contribution in [0.3, 0.4) is 0 Å². The van der Waals surface area contributed by atoms with E-state index in [1.165, 1.54) is 0 Å². The number of hydrogen-bond acceptors (Lipinski definition) is 3. The van der Waals surface area contributed by atoms with Gasteiger partial charge in [0.1, 0.15) is 16.9 Å². The summed E-state index contributed by atoms with van der Waals surface area (Å²) < 4.78 is 6.72. The lowest BCUT2D eigenvalue weighted by Gasteiger charge is -2.25. The number of hydrogen-bond donors (Lipinski definition) is 0. The summed E-state index contributed by atoms with van der Waals surface area (Å²) in [5, 5.41) is 0. The predicted molar refractivity (Wildman–Crippen MR) is 381 cm³/mol. The zero-order chi connectivity index (χ0) is 63.2. The second-order valence-electron chi connectivity index (χ2n) is 23.1. The van der Waals surface area contributed by atoms with Crippen molar-refractivity contribution in [1.82, 2.24) is 0 Å². The number of allylic oxidation sites excluding steroid dienone is 8. The van der Waals surface area contributed by atoms with Crippen LogP contribution in [0.25, 0.3) is 44.6 Å². The Morgan fingerprint density at radius 1 is 0.202 bits per heavy atom. The highest BCUT2D eigenvalue weighted by Gasteiger charge is 2.39. The van der Waals surface area contributed by atoms with Crippen LogP contribution in [0.5, 0.6) is 11.5 Å². The third-order valence-electron chi connectivity index (χ3n) is 17.2. The smallest absolute Gasteiger partial charge is 0.195 e. The summed E-state index contributed by atoms with van der Waals surface area (Å²) in [6.45, 7) is 0. The second kappa shape index (κ2) is 25.5. The molecule has 436 valence electrons. The van der Waals surface area contributed by atoms with E-state index >= 15 is 9.59 Å². The Balaban J connectivity index is 0.948. The fourth-order valence-electron chi connectivity index (χ4n) is 12.6. The van der Waals surface area contributed by atoms with E-state index in [2.05, 4.69) is 95.9 Å². The lowest BCUT2D eigenvalue weighted by Crippen LogP contribution is -2.24. The molecular weight excluding hydrogens is 1140 g/mol. The van der Waals surface area contributed by atoms with Crippen molar-refractivity contribution in [2.24, 2.45) is 0 Å². The molecule has 0 atom stereocenters. The number of ketones is 2. The van der Waals surface area contributed by atoms with E-state index in [9.17, 15) is 0 Å². The molecule has 7 aliphatic heterocycles. The van der Waals surface area contributed by atoms with Crippen molar-refractivity contribution < 1.29 is 14.3 Å². The molecule has 0 spiro atoms. The van der Waals surface area contributed by atoms with Crippen LogP contribution in [0, 0.1) is 47.4 Å². The van der Waals surface area contributed by atoms with Crippen LogP contribution >= 0.6 is 0 Å². The number of Topliss-reactive ketones (excluding diaryl/α,β-unsaturated/α-hetero) is 2. The fourth-order valence-corrected chi connectivity index (χ4v) is 12.6. The van der Waals surface area contributed by atoms with Crippen LogP contribution < -0.4 is 4.74 Å². The minimum absolute atomic E-state index is 0.102. The third-order valence-corrected chi connectivity index (χ3v) is 17.2. The van der Waals surface area contributed by atoms with Gasteiger partial charge >= 0.3 is 0 Å². The van der Waals surface area contributed by atoms with Crippen LogP contribution in [0.1, 0.15) is 89.0 Å². The van der Waals surface area contributed by atoms with Gasteiger partial charge in [-0.25, -0.2) is 0 Å². The first-order valence-corrected chi connectivity index (χ1v) is 31.2. The van der Waals surface area contributed by atoms with Gasteiger partial charge in [-0.2, -0.15) is 0 Å². The van der Waals surface area contributed by atoms with Gasteiger partial charge in [0.15, 0.2) is 11.6 Å². The summed E-state index contributed by atoms with van der Waals surface area (Å²) in [5.74, 6) is 28.9. The Morgan fingerprint density at radius 2 is 0.415 bits per heavy atom. The van der Waals surface area contributed by atoms with Crippen molar-refractivity contribution >= 4 is 56.2 Å². The number of carbonyl (C=O) groups excluding carboxylic acids is 2. The van der Waals surface area contributed by atoms with Gasteiger partial charge in [-0.15, -0.1) is 0 Å². The molecule has 12 aromatic rings. The molecular formula is C91H54O3. The molecule has 8 bridgehead atoms. The number of benzene rings is 12. The Labute approximate surface area is 548 Å². The highest BCUT2D eigenvalue weighted by atomic mass is 16.5. The molecule has 2 aliphatic carbocycles. The van der Waals surface area contributed by atoms with E-state index in [1.54, 1.807) is 0 Å². The summed E-state index contributed by atoms with van der Waals surface area (Å²) in [4.78, 5) is 31.9. The highest BCUT2D eigenvalue weighted by Crippen LogP contribution is 2.52. The first kappa shape index (κ1) is 57.4. The molecule has 0 saturated heterocycles. The lowest BCUT2D eigenvalue weighted by atomic mass is 9.74. The van der Waals surface area contributed by atoms with Crippen LogP contribution in [-0.4, -0.2) is 11.6 Å². The van der Waals surface area contributed by atoms with E-state index in [0.717, 1.165) is 111 Å². The molecule has 0 saturated carbocycles. The SMILES string of the molecule is O=C1C(c2ccccc2)=C(c2ccc(C#Cc3ccccc3)cc2)C2=C1c1ccc(cc1)C(C#Cc1ccccc1)(C#Cc1ccccc1)c1ccc(cc1)C1=C(C(c3ccc(C#Cc4ccccc4)cc3)=C(c3ccccc3)C1=O)c1ccc(cc1)Oc1ccc2cc1. The maximum Gasteiger partial charge on any atom is 0.195 e.